The van der Waals surface area contributed by atoms with Crippen molar-refractivity contribution in [2.75, 3.05) is 6.54 Å². The third kappa shape index (κ3) is 2.31. The van der Waals surface area contributed by atoms with Crippen molar-refractivity contribution in [1.82, 2.24) is 5.32 Å². The normalized spacial score (nSPS) is 23.2. The molecule has 1 aliphatic carbocycles. The van der Waals surface area contributed by atoms with Gasteiger partial charge in [0.25, 0.3) is 0 Å². The molecule has 2 heteroatoms. The van der Waals surface area contributed by atoms with Gasteiger partial charge in [-0.15, -0.1) is 0 Å². The highest BCUT2D eigenvalue weighted by atomic mass is 35.5. The summed E-state index contributed by atoms with van der Waals surface area (Å²) in [5.74, 6) is 0.632. The topological polar surface area (TPSA) is 12.0 Å². The zero-order valence-electron chi connectivity index (χ0n) is 9.89. The highest BCUT2D eigenvalue weighted by molar-refractivity contribution is 6.29. The molecule has 0 fully saturated rings. The number of aryl methyl sites for hydroxylation is 1. The number of fused-ring (bicyclic) bond motifs is 1. The summed E-state index contributed by atoms with van der Waals surface area (Å²) in [5.41, 5.74) is 4.23. The Morgan fingerprint density at radius 3 is 3.00 bits per heavy atom. The molecule has 1 aromatic carbocycles. The summed E-state index contributed by atoms with van der Waals surface area (Å²) >= 11 is 5.81. The summed E-state index contributed by atoms with van der Waals surface area (Å²) < 4.78 is 0. The lowest BCUT2D eigenvalue weighted by atomic mass is 10.0. The van der Waals surface area contributed by atoms with Crippen LogP contribution in [-0.4, -0.2) is 6.54 Å². The predicted molar refractivity (Wildman–Crippen MR) is 69.8 cm³/mol. The minimum Gasteiger partial charge on any atom is -0.305 e. The lowest BCUT2D eigenvalue weighted by Gasteiger charge is -2.18. The maximum Gasteiger partial charge on any atom is 0.0355 e. The molecule has 0 amide bonds. The Bertz CT molecular complexity index is 411. The lowest BCUT2D eigenvalue weighted by Crippen LogP contribution is -2.25. The lowest BCUT2D eigenvalue weighted by molar-refractivity contribution is 0.432. The van der Waals surface area contributed by atoms with Crippen LogP contribution in [0.1, 0.15) is 29.7 Å². The van der Waals surface area contributed by atoms with E-state index < -0.39 is 0 Å². The molecule has 1 N–H and O–H groups in total. The first kappa shape index (κ1) is 11.7. The number of rotatable bonds is 3. The summed E-state index contributed by atoms with van der Waals surface area (Å²) in [7, 11) is 0. The molecule has 0 spiro atoms. The molecular formula is C14H18ClN. The summed E-state index contributed by atoms with van der Waals surface area (Å²) in [6, 6.07) is 7.14. The summed E-state index contributed by atoms with van der Waals surface area (Å²) in [5, 5.41) is 4.16. The fourth-order valence-corrected chi connectivity index (χ4v) is 2.57. The maximum atomic E-state index is 5.81. The van der Waals surface area contributed by atoms with E-state index in [2.05, 4.69) is 43.9 Å². The standard InChI is InChI=1S/C14H18ClN/c1-9-4-5-12-7-10(2)14(13(12)6-9)16-8-11(3)15/h4-6,10,14,16H,3,7-8H2,1-2H3. The quantitative estimate of drug-likeness (QED) is 0.845. The zero-order valence-corrected chi connectivity index (χ0v) is 10.6. The first-order valence-corrected chi connectivity index (χ1v) is 6.12. The second-order valence-corrected chi connectivity index (χ2v) is 5.29. The second kappa shape index (κ2) is 4.60. The van der Waals surface area contributed by atoms with E-state index in [4.69, 9.17) is 11.6 Å². The Hall–Kier alpha value is -0.790. The molecule has 2 atom stereocenters. The van der Waals surface area contributed by atoms with Gasteiger partial charge in [-0.25, -0.2) is 0 Å². The number of nitrogens with one attached hydrogen (secondary N) is 1. The maximum absolute atomic E-state index is 5.81. The van der Waals surface area contributed by atoms with E-state index in [0.717, 1.165) is 6.42 Å². The van der Waals surface area contributed by atoms with Crippen molar-refractivity contribution in [1.29, 1.82) is 0 Å². The van der Waals surface area contributed by atoms with Crippen LogP contribution in [0.4, 0.5) is 0 Å². The van der Waals surface area contributed by atoms with E-state index in [-0.39, 0.29) is 0 Å². The van der Waals surface area contributed by atoms with Crippen LogP contribution in [0.25, 0.3) is 0 Å². The van der Waals surface area contributed by atoms with Crippen LogP contribution >= 0.6 is 11.6 Å². The van der Waals surface area contributed by atoms with Crippen molar-refractivity contribution in [2.45, 2.75) is 26.3 Å². The van der Waals surface area contributed by atoms with Gasteiger partial charge < -0.3 is 5.32 Å². The minimum absolute atomic E-state index is 0.422. The molecule has 16 heavy (non-hydrogen) atoms. The van der Waals surface area contributed by atoms with Gasteiger partial charge in [0.1, 0.15) is 0 Å². The Labute approximate surface area is 103 Å². The Morgan fingerprint density at radius 1 is 1.56 bits per heavy atom. The predicted octanol–water partition coefficient (Wildman–Crippen LogP) is 3.57. The fraction of sp³-hybridized carbons (Fsp3) is 0.429. The fourth-order valence-electron chi connectivity index (χ4n) is 2.49. The molecule has 1 aromatic rings. The van der Waals surface area contributed by atoms with Gasteiger partial charge in [0.15, 0.2) is 0 Å². The van der Waals surface area contributed by atoms with Gasteiger partial charge in [-0.05, 0) is 30.4 Å². The van der Waals surface area contributed by atoms with Gasteiger partial charge in [0, 0.05) is 17.6 Å². The van der Waals surface area contributed by atoms with Gasteiger partial charge in [-0.2, -0.15) is 0 Å². The van der Waals surface area contributed by atoms with E-state index in [0.29, 0.717) is 23.5 Å². The van der Waals surface area contributed by atoms with Crippen LogP contribution in [0.15, 0.2) is 29.8 Å². The van der Waals surface area contributed by atoms with E-state index in [1.54, 1.807) is 0 Å². The molecular weight excluding hydrogens is 218 g/mol. The van der Waals surface area contributed by atoms with Crippen molar-refractivity contribution in [3.8, 4) is 0 Å². The number of benzene rings is 1. The average molecular weight is 236 g/mol. The molecule has 0 radical (unpaired) electrons. The highest BCUT2D eigenvalue weighted by Gasteiger charge is 2.28. The molecule has 1 nitrogen and oxygen atoms in total. The van der Waals surface area contributed by atoms with Crippen molar-refractivity contribution in [3.63, 3.8) is 0 Å². The van der Waals surface area contributed by atoms with E-state index in [1.165, 1.54) is 16.7 Å². The van der Waals surface area contributed by atoms with Crippen LogP contribution in [0, 0.1) is 12.8 Å². The summed E-state index contributed by atoms with van der Waals surface area (Å²) in [6.07, 6.45) is 1.15. The largest absolute Gasteiger partial charge is 0.305 e. The van der Waals surface area contributed by atoms with Gasteiger partial charge in [-0.1, -0.05) is 48.9 Å². The molecule has 1 aliphatic rings. The van der Waals surface area contributed by atoms with E-state index in [1.807, 2.05) is 0 Å². The van der Waals surface area contributed by atoms with Crippen molar-refractivity contribution >= 4 is 11.6 Å². The van der Waals surface area contributed by atoms with Crippen molar-refractivity contribution in [2.24, 2.45) is 5.92 Å². The van der Waals surface area contributed by atoms with Crippen LogP contribution in [0.3, 0.4) is 0 Å². The van der Waals surface area contributed by atoms with Gasteiger partial charge in [0.2, 0.25) is 0 Å². The van der Waals surface area contributed by atoms with Crippen LogP contribution in [0.2, 0.25) is 0 Å². The number of hydrogen-bond acceptors (Lipinski definition) is 1. The zero-order chi connectivity index (χ0) is 11.7. The van der Waals surface area contributed by atoms with Gasteiger partial charge >= 0.3 is 0 Å². The van der Waals surface area contributed by atoms with E-state index >= 15 is 0 Å². The van der Waals surface area contributed by atoms with Crippen molar-refractivity contribution in [3.05, 3.63) is 46.5 Å². The Morgan fingerprint density at radius 2 is 2.31 bits per heavy atom. The van der Waals surface area contributed by atoms with Crippen LogP contribution < -0.4 is 5.32 Å². The van der Waals surface area contributed by atoms with Gasteiger partial charge in [0.05, 0.1) is 0 Å². The molecule has 2 unspecified atom stereocenters. The van der Waals surface area contributed by atoms with Crippen molar-refractivity contribution < 1.29 is 0 Å². The summed E-state index contributed by atoms with van der Waals surface area (Å²) in [6.45, 7) is 8.82. The monoisotopic (exact) mass is 235 g/mol. The first-order chi connectivity index (χ1) is 7.58. The highest BCUT2D eigenvalue weighted by Crippen LogP contribution is 2.36. The first-order valence-electron chi connectivity index (χ1n) is 5.74. The second-order valence-electron chi connectivity index (χ2n) is 4.76. The molecule has 0 saturated heterocycles. The smallest absolute Gasteiger partial charge is 0.0355 e. The molecule has 0 aromatic heterocycles. The third-order valence-electron chi connectivity index (χ3n) is 3.26. The molecule has 0 aliphatic heterocycles. The Kier molecular flexibility index (Phi) is 3.36. The molecule has 0 heterocycles. The Balaban J connectivity index is 2.21. The van der Waals surface area contributed by atoms with Gasteiger partial charge in [-0.3, -0.25) is 0 Å². The molecule has 2 rings (SSSR count). The SMILES string of the molecule is C=C(Cl)CNC1c2cc(C)ccc2CC1C. The molecule has 86 valence electrons. The molecule has 0 bridgehead atoms. The average Bonchev–Trinajstić information content (AvgIpc) is 2.51. The summed E-state index contributed by atoms with van der Waals surface area (Å²) in [4.78, 5) is 0. The molecule has 0 saturated carbocycles. The van der Waals surface area contributed by atoms with E-state index in [9.17, 15) is 0 Å². The van der Waals surface area contributed by atoms with Crippen LogP contribution in [0.5, 0.6) is 0 Å². The number of halogens is 1. The third-order valence-corrected chi connectivity index (χ3v) is 3.39. The minimum atomic E-state index is 0.422. The number of hydrogen-bond donors (Lipinski definition) is 1. The van der Waals surface area contributed by atoms with Crippen LogP contribution in [-0.2, 0) is 6.42 Å².